The largest absolute Gasteiger partial charge is 0.507 e. The summed E-state index contributed by atoms with van der Waals surface area (Å²) in [4.78, 5) is 31.5. The van der Waals surface area contributed by atoms with Crippen LogP contribution in [0, 0.1) is 12.7 Å². The predicted molar refractivity (Wildman–Crippen MR) is 121 cm³/mol. The van der Waals surface area contributed by atoms with E-state index >= 15 is 0 Å². The SMILES string of the molecule is CCOc1ccc(C2C(=C(O)c3ccc(C)c(F)c3)C(=O)C(=O)N2Cc2ccncc2)cc1. The lowest BCUT2D eigenvalue weighted by molar-refractivity contribution is -0.140. The highest BCUT2D eigenvalue weighted by Gasteiger charge is 2.46. The van der Waals surface area contributed by atoms with Gasteiger partial charge in [0.05, 0.1) is 18.2 Å². The van der Waals surface area contributed by atoms with Crippen LogP contribution in [0.4, 0.5) is 4.39 Å². The minimum atomic E-state index is -0.849. The number of nitrogens with zero attached hydrogens (tertiary/aromatic N) is 2. The van der Waals surface area contributed by atoms with Crippen LogP contribution in [-0.2, 0) is 16.1 Å². The molecule has 3 aromatic rings. The first-order valence-corrected chi connectivity index (χ1v) is 10.6. The quantitative estimate of drug-likeness (QED) is 0.341. The lowest BCUT2D eigenvalue weighted by atomic mass is 9.94. The number of aliphatic hydroxyl groups excluding tert-OH is 1. The highest BCUT2D eigenvalue weighted by atomic mass is 19.1. The number of rotatable bonds is 6. The lowest BCUT2D eigenvalue weighted by Gasteiger charge is -2.25. The number of hydrogen-bond donors (Lipinski definition) is 1. The van der Waals surface area contributed by atoms with E-state index in [0.29, 0.717) is 23.5 Å². The molecule has 1 aliphatic rings. The third-order valence-corrected chi connectivity index (χ3v) is 5.59. The molecule has 1 saturated heterocycles. The van der Waals surface area contributed by atoms with Gasteiger partial charge < -0.3 is 14.7 Å². The van der Waals surface area contributed by atoms with Crippen molar-refractivity contribution in [3.63, 3.8) is 0 Å². The third kappa shape index (κ3) is 4.35. The van der Waals surface area contributed by atoms with Crippen molar-refractivity contribution < 1.29 is 23.8 Å². The second-order valence-electron chi connectivity index (χ2n) is 7.75. The number of pyridine rings is 1. The summed E-state index contributed by atoms with van der Waals surface area (Å²) in [6, 6.07) is 13.9. The van der Waals surface area contributed by atoms with Crippen molar-refractivity contribution in [2.24, 2.45) is 0 Å². The van der Waals surface area contributed by atoms with Crippen LogP contribution >= 0.6 is 0 Å². The number of ketones is 1. The van der Waals surface area contributed by atoms with Crippen LogP contribution in [0.5, 0.6) is 5.75 Å². The molecule has 6 nitrogen and oxygen atoms in total. The molecule has 168 valence electrons. The van der Waals surface area contributed by atoms with E-state index in [1.807, 2.05) is 6.92 Å². The van der Waals surface area contributed by atoms with Gasteiger partial charge in [-0.3, -0.25) is 14.6 Å². The van der Waals surface area contributed by atoms with Gasteiger partial charge >= 0.3 is 0 Å². The summed E-state index contributed by atoms with van der Waals surface area (Å²) in [5, 5.41) is 11.1. The van der Waals surface area contributed by atoms with Crippen molar-refractivity contribution in [2.75, 3.05) is 6.61 Å². The summed E-state index contributed by atoms with van der Waals surface area (Å²) in [7, 11) is 0. The zero-order chi connectivity index (χ0) is 23.5. The van der Waals surface area contributed by atoms with Crippen LogP contribution in [0.3, 0.4) is 0 Å². The molecule has 1 unspecified atom stereocenters. The fraction of sp³-hybridized carbons (Fsp3) is 0.192. The fourth-order valence-electron chi connectivity index (χ4n) is 3.88. The summed E-state index contributed by atoms with van der Waals surface area (Å²) in [5.41, 5.74) is 1.87. The number of carbonyl (C=O) groups excluding carboxylic acids is 2. The lowest BCUT2D eigenvalue weighted by Crippen LogP contribution is -2.29. The van der Waals surface area contributed by atoms with Gasteiger partial charge in [0.2, 0.25) is 0 Å². The molecule has 33 heavy (non-hydrogen) atoms. The number of Topliss-reactive ketones (excluding diaryl/α,β-unsaturated/α-hetero) is 1. The first kappa shape index (κ1) is 22.2. The van der Waals surface area contributed by atoms with E-state index < -0.39 is 29.3 Å². The van der Waals surface area contributed by atoms with Gasteiger partial charge in [0.1, 0.15) is 17.3 Å². The molecule has 0 bridgehead atoms. The molecule has 0 saturated carbocycles. The number of benzene rings is 2. The summed E-state index contributed by atoms with van der Waals surface area (Å²) < 4.78 is 19.7. The Hall–Kier alpha value is -4.00. The molecule has 1 amide bonds. The highest BCUT2D eigenvalue weighted by molar-refractivity contribution is 6.46. The van der Waals surface area contributed by atoms with E-state index in [1.165, 1.54) is 17.0 Å². The summed E-state index contributed by atoms with van der Waals surface area (Å²) >= 11 is 0. The monoisotopic (exact) mass is 446 g/mol. The van der Waals surface area contributed by atoms with E-state index in [4.69, 9.17) is 4.74 Å². The van der Waals surface area contributed by atoms with Crippen molar-refractivity contribution in [1.29, 1.82) is 0 Å². The molecule has 0 aliphatic carbocycles. The number of aliphatic hydroxyl groups is 1. The molecular weight excluding hydrogens is 423 g/mol. The van der Waals surface area contributed by atoms with Crippen molar-refractivity contribution in [2.45, 2.75) is 26.4 Å². The van der Waals surface area contributed by atoms with E-state index in [1.54, 1.807) is 55.7 Å². The van der Waals surface area contributed by atoms with Gasteiger partial charge in [-0.1, -0.05) is 24.3 Å². The number of amides is 1. The van der Waals surface area contributed by atoms with Crippen molar-refractivity contribution in [3.8, 4) is 5.75 Å². The Morgan fingerprint density at radius 1 is 1.09 bits per heavy atom. The molecule has 2 heterocycles. The molecule has 4 rings (SSSR count). The topological polar surface area (TPSA) is 79.7 Å². The Morgan fingerprint density at radius 3 is 2.42 bits per heavy atom. The normalized spacial score (nSPS) is 17.4. The maximum Gasteiger partial charge on any atom is 0.295 e. The zero-order valence-corrected chi connectivity index (χ0v) is 18.3. The standard InChI is InChI=1S/C26H23FN2O4/c1-3-33-20-8-6-18(7-9-20)23-22(24(30)19-5-4-16(2)21(27)14-19)25(31)26(32)29(23)15-17-10-12-28-13-11-17/h4-14,23,30H,3,15H2,1-2H3. The number of halogens is 1. The Kier molecular flexibility index (Phi) is 6.22. The first-order chi connectivity index (χ1) is 15.9. The molecule has 0 spiro atoms. The molecular formula is C26H23FN2O4. The number of likely N-dealkylation sites (tertiary alicyclic amines) is 1. The molecule has 1 fully saturated rings. The smallest absolute Gasteiger partial charge is 0.295 e. The zero-order valence-electron chi connectivity index (χ0n) is 18.3. The number of carbonyl (C=O) groups is 2. The van der Waals surface area contributed by atoms with Crippen molar-refractivity contribution in [1.82, 2.24) is 9.88 Å². The maximum absolute atomic E-state index is 14.2. The average molecular weight is 446 g/mol. The maximum atomic E-state index is 14.2. The van der Waals surface area contributed by atoms with Gasteiger partial charge in [-0.25, -0.2) is 4.39 Å². The third-order valence-electron chi connectivity index (χ3n) is 5.59. The summed E-state index contributed by atoms with van der Waals surface area (Å²) in [6.45, 7) is 4.12. The second-order valence-corrected chi connectivity index (χ2v) is 7.75. The molecule has 1 N–H and O–H groups in total. The molecule has 1 atom stereocenters. The number of hydrogen-bond acceptors (Lipinski definition) is 5. The minimum Gasteiger partial charge on any atom is -0.507 e. The van der Waals surface area contributed by atoms with E-state index in [-0.39, 0.29) is 17.7 Å². The Morgan fingerprint density at radius 2 is 1.79 bits per heavy atom. The van der Waals surface area contributed by atoms with Gasteiger partial charge in [-0.2, -0.15) is 0 Å². The van der Waals surface area contributed by atoms with Gasteiger partial charge in [0.25, 0.3) is 11.7 Å². The van der Waals surface area contributed by atoms with E-state index in [2.05, 4.69) is 4.98 Å². The average Bonchev–Trinajstić information content (AvgIpc) is 3.07. The molecule has 2 aromatic carbocycles. The van der Waals surface area contributed by atoms with Crippen LogP contribution < -0.4 is 4.74 Å². The molecule has 7 heteroatoms. The van der Waals surface area contributed by atoms with Crippen molar-refractivity contribution >= 4 is 17.4 Å². The van der Waals surface area contributed by atoms with Gasteiger partial charge in [-0.15, -0.1) is 0 Å². The summed E-state index contributed by atoms with van der Waals surface area (Å²) in [6.07, 6.45) is 3.21. The van der Waals surface area contributed by atoms with Crippen molar-refractivity contribution in [3.05, 3.63) is 101 Å². The van der Waals surface area contributed by atoms with Gasteiger partial charge in [0, 0.05) is 24.5 Å². The number of aryl methyl sites for hydroxylation is 1. The van der Waals surface area contributed by atoms with E-state index in [9.17, 15) is 19.1 Å². The Labute approximate surface area is 191 Å². The first-order valence-electron chi connectivity index (χ1n) is 10.6. The second kappa shape index (κ2) is 9.24. The number of aromatic nitrogens is 1. The van der Waals surface area contributed by atoms with Gasteiger partial charge in [0.15, 0.2) is 0 Å². The minimum absolute atomic E-state index is 0.0820. The molecule has 1 aromatic heterocycles. The molecule has 0 radical (unpaired) electrons. The summed E-state index contributed by atoms with van der Waals surface area (Å²) in [5.74, 6) is -1.83. The number of ether oxygens (including phenoxy) is 1. The van der Waals surface area contributed by atoms with Crippen LogP contribution in [0.2, 0.25) is 0 Å². The van der Waals surface area contributed by atoms with Gasteiger partial charge in [-0.05, 0) is 60.9 Å². The Bertz CT molecular complexity index is 1220. The van der Waals surface area contributed by atoms with Crippen LogP contribution in [-0.4, -0.2) is 33.3 Å². The van der Waals surface area contributed by atoms with E-state index in [0.717, 1.165) is 11.6 Å². The molecule has 1 aliphatic heterocycles. The Balaban J connectivity index is 1.84. The van der Waals surface area contributed by atoms with Crippen LogP contribution in [0.1, 0.15) is 35.2 Å². The predicted octanol–water partition coefficient (Wildman–Crippen LogP) is 4.55. The van der Waals surface area contributed by atoms with Crippen LogP contribution in [0.15, 0.2) is 72.6 Å². The van der Waals surface area contributed by atoms with Crippen LogP contribution in [0.25, 0.3) is 5.76 Å². The highest BCUT2D eigenvalue weighted by Crippen LogP contribution is 2.40. The fourth-order valence-corrected chi connectivity index (χ4v) is 3.88.